The molecule has 4 heteroatoms. The van der Waals surface area contributed by atoms with Crippen LogP contribution in [-0.4, -0.2) is 15.8 Å². The van der Waals surface area contributed by atoms with Gasteiger partial charge in [-0.2, -0.15) is 0 Å². The van der Waals surface area contributed by atoms with Gasteiger partial charge in [0.1, 0.15) is 17.3 Å². The number of aromatic nitrogens is 2. The summed E-state index contributed by atoms with van der Waals surface area (Å²) in [6.45, 7) is 1.73. The number of Topliss-reactive ketones (excluding diaryl/α,β-unsaturated/α-hetero) is 1. The van der Waals surface area contributed by atoms with Gasteiger partial charge < -0.3 is 0 Å². The standard InChI is InChI=1S/C13H11FN2O/c1-9-15-7-6-12(16-9)13(17)8-10-2-4-11(14)5-3-10/h2-7H,8H2,1H3. The van der Waals surface area contributed by atoms with E-state index in [1.807, 2.05) is 0 Å². The number of carbonyl (C=O) groups is 1. The molecule has 0 aliphatic rings. The Morgan fingerprint density at radius 3 is 2.59 bits per heavy atom. The van der Waals surface area contributed by atoms with E-state index in [1.165, 1.54) is 12.1 Å². The summed E-state index contributed by atoms with van der Waals surface area (Å²) < 4.78 is 12.7. The third-order valence-electron chi connectivity index (χ3n) is 2.34. The topological polar surface area (TPSA) is 42.9 Å². The smallest absolute Gasteiger partial charge is 0.185 e. The van der Waals surface area contributed by atoms with Crippen molar-refractivity contribution in [3.63, 3.8) is 0 Å². The van der Waals surface area contributed by atoms with Crippen molar-refractivity contribution in [3.05, 3.63) is 59.4 Å². The second kappa shape index (κ2) is 4.82. The van der Waals surface area contributed by atoms with Crippen LogP contribution in [0.15, 0.2) is 36.5 Å². The molecule has 0 aliphatic heterocycles. The average Bonchev–Trinajstić information content (AvgIpc) is 2.32. The molecular formula is C13H11FN2O. The molecule has 0 unspecified atom stereocenters. The molecule has 0 fully saturated rings. The number of benzene rings is 1. The summed E-state index contributed by atoms with van der Waals surface area (Å²) >= 11 is 0. The van der Waals surface area contributed by atoms with Crippen molar-refractivity contribution >= 4 is 5.78 Å². The highest BCUT2D eigenvalue weighted by molar-refractivity contribution is 5.95. The molecule has 0 amide bonds. The van der Waals surface area contributed by atoms with Crippen LogP contribution >= 0.6 is 0 Å². The molecule has 1 aromatic heterocycles. The summed E-state index contributed by atoms with van der Waals surface area (Å²) in [6.07, 6.45) is 1.77. The molecule has 17 heavy (non-hydrogen) atoms. The number of rotatable bonds is 3. The van der Waals surface area contributed by atoms with E-state index in [0.717, 1.165) is 5.56 Å². The molecule has 0 radical (unpaired) electrons. The van der Waals surface area contributed by atoms with Crippen LogP contribution in [-0.2, 0) is 6.42 Å². The van der Waals surface area contributed by atoms with Crippen LogP contribution in [0.25, 0.3) is 0 Å². The second-order valence-corrected chi connectivity index (χ2v) is 3.72. The maximum atomic E-state index is 12.7. The van der Waals surface area contributed by atoms with Gasteiger partial charge in [0.25, 0.3) is 0 Å². The van der Waals surface area contributed by atoms with E-state index in [0.29, 0.717) is 11.5 Å². The zero-order chi connectivity index (χ0) is 12.3. The number of nitrogens with zero attached hydrogens (tertiary/aromatic N) is 2. The van der Waals surface area contributed by atoms with Gasteiger partial charge in [-0.15, -0.1) is 0 Å². The Morgan fingerprint density at radius 2 is 1.94 bits per heavy atom. The van der Waals surface area contributed by atoms with E-state index < -0.39 is 0 Å². The minimum atomic E-state index is -0.306. The van der Waals surface area contributed by atoms with Gasteiger partial charge in [0.15, 0.2) is 5.78 Å². The molecule has 0 N–H and O–H groups in total. The Bertz CT molecular complexity index is 537. The lowest BCUT2D eigenvalue weighted by atomic mass is 10.1. The lowest BCUT2D eigenvalue weighted by Gasteiger charge is -2.01. The van der Waals surface area contributed by atoms with Crippen molar-refractivity contribution in [1.82, 2.24) is 9.97 Å². The Hall–Kier alpha value is -2.10. The number of ketones is 1. The predicted octanol–water partition coefficient (Wildman–Crippen LogP) is 2.35. The molecule has 1 aromatic carbocycles. The van der Waals surface area contributed by atoms with Crippen molar-refractivity contribution in [2.75, 3.05) is 0 Å². The van der Waals surface area contributed by atoms with E-state index in [2.05, 4.69) is 9.97 Å². The van der Waals surface area contributed by atoms with E-state index in [-0.39, 0.29) is 18.0 Å². The van der Waals surface area contributed by atoms with Crippen molar-refractivity contribution < 1.29 is 9.18 Å². The van der Waals surface area contributed by atoms with Crippen LogP contribution in [0.4, 0.5) is 4.39 Å². The first-order valence-corrected chi connectivity index (χ1v) is 5.22. The normalized spacial score (nSPS) is 10.2. The monoisotopic (exact) mass is 230 g/mol. The third kappa shape index (κ3) is 2.93. The van der Waals surface area contributed by atoms with Gasteiger partial charge in [-0.1, -0.05) is 12.1 Å². The quantitative estimate of drug-likeness (QED) is 0.760. The zero-order valence-corrected chi connectivity index (χ0v) is 9.35. The number of aryl methyl sites for hydroxylation is 1. The van der Waals surface area contributed by atoms with Crippen LogP contribution in [0.1, 0.15) is 21.9 Å². The Balaban J connectivity index is 2.14. The Labute approximate surface area is 98.3 Å². The largest absolute Gasteiger partial charge is 0.292 e. The van der Waals surface area contributed by atoms with Crippen LogP contribution in [0.2, 0.25) is 0 Å². The van der Waals surface area contributed by atoms with Crippen molar-refractivity contribution in [3.8, 4) is 0 Å². The van der Waals surface area contributed by atoms with E-state index in [9.17, 15) is 9.18 Å². The summed E-state index contributed by atoms with van der Waals surface area (Å²) in [5.74, 6) is 0.163. The maximum Gasteiger partial charge on any atom is 0.185 e. The molecule has 2 rings (SSSR count). The summed E-state index contributed by atoms with van der Waals surface area (Å²) in [5, 5.41) is 0. The molecule has 0 saturated carbocycles. The summed E-state index contributed by atoms with van der Waals surface area (Å²) in [7, 11) is 0. The van der Waals surface area contributed by atoms with Crippen LogP contribution < -0.4 is 0 Å². The highest BCUT2D eigenvalue weighted by Crippen LogP contribution is 2.07. The first kappa shape index (κ1) is 11.4. The van der Waals surface area contributed by atoms with Gasteiger partial charge in [0, 0.05) is 12.6 Å². The molecule has 0 spiro atoms. The first-order valence-electron chi connectivity index (χ1n) is 5.22. The second-order valence-electron chi connectivity index (χ2n) is 3.72. The minimum Gasteiger partial charge on any atom is -0.292 e. The average molecular weight is 230 g/mol. The summed E-state index contributed by atoms with van der Waals surface area (Å²) in [5.41, 5.74) is 1.16. The number of hydrogen-bond acceptors (Lipinski definition) is 3. The molecule has 0 aliphatic carbocycles. The lowest BCUT2D eigenvalue weighted by Crippen LogP contribution is -2.07. The fraction of sp³-hybridized carbons (Fsp3) is 0.154. The SMILES string of the molecule is Cc1nccc(C(=O)Cc2ccc(F)cc2)n1. The Morgan fingerprint density at radius 1 is 1.24 bits per heavy atom. The van der Waals surface area contributed by atoms with Crippen molar-refractivity contribution in [2.45, 2.75) is 13.3 Å². The third-order valence-corrected chi connectivity index (χ3v) is 2.34. The molecule has 2 aromatic rings. The number of halogens is 1. The predicted molar refractivity (Wildman–Crippen MR) is 61.2 cm³/mol. The van der Waals surface area contributed by atoms with E-state index >= 15 is 0 Å². The molecule has 86 valence electrons. The highest BCUT2D eigenvalue weighted by Gasteiger charge is 2.08. The first-order chi connectivity index (χ1) is 8.15. The molecule has 0 atom stereocenters. The molecule has 0 saturated heterocycles. The van der Waals surface area contributed by atoms with E-state index in [4.69, 9.17) is 0 Å². The number of carbonyl (C=O) groups excluding carboxylic acids is 1. The van der Waals surface area contributed by atoms with Gasteiger partial charge in [0.2, 0.25) is 0 Å². The maximum absolute atomic E-state index is 12.7. The van der Waals surface area contributed by atoms with Gasteiger partial charge in [-0.05, 0) is 30.7 Å². The summed E-state index contributed by atoms with van der Waals surface area (Å²) in [6, 6.07) is 7.46. The van der Waals surface area contributed by atoms with Crippen LogP contribution in [0.5, 0.6) is 0 Å². The lowest BCUT2D eigenvalue weighted by molar-refractivity contribution is 0.0988. The zero-order valence-electron chi connectivity index (χ0n) is 9.35. The highest BCUT2D eigenvalue weighted by atomic mass is 19.1. The number of hydrogen-bond donors (Lipinski definition) is 0. The van der Waals surface area contributed by atoms with Gasteiger partial charge in [-0.3, -0.25) is 4.79 Å². The molecule has 0 bridgehead atoms. The fourth-order valence-electron chi connectivity index (χ4n) is 1.49. The fourth-order valence-corrected chi connectivity index (χ4v) is 1.49. The van der Waals surface area contributed by atoms with Gasteiger partial charge in [-0.25, -0.2) is 14.4 Å². The molecule has 1 heterocycles. The van der Waals surface area contributed by atoms with Crippen LogP contribution in [0, 0.1) is 12.7 Å². The molecule has 3 nitrogen and oxygen atoms in total. The summed E-state index contributed by atoms with van der Waals surface area (Å²) in [4.78, 5) is 19.8. The minimum absolute atomic E-state index is 0.0953. The van der Waals surface area contributed by atoms with E-state index in [1.54, 1.807) is 31.3 Å². The molecular weight excluding hydrogens is 219 g/mol. The van der Waals surface area contributed by atoms with Gasteiger partial charge >= 0.3 is 0 Å². The van der Waals surface area contributed by atoms with Crippen LogP contribution in [0.3, 0.4) is 0 Å². The van der Waals surface area contributed by atoms with Gasteiger partial charge in [0.05, 0.1) is 0 Å². The van der Waals surface area contributed by atoms with Crippen molar-refractivity contribution in [1.29, 1.82) is 0 Å². The van der Waals surface area contributed by atoms with Crippen molar-refractivity contribution in [2.24, 2.45) is 0 Å². The Kier molecular flexibility index (Phi) is 3.23.